The Labute approximate surface area is 115 Å². The van der Waals surface area contributed by atoms with Gasteiger partial charge in [-0.25, -0.2) is 0 Å². The van der Waals surface area contributed by atoms with Crippen molar-refractivity contribution in [1.29, 1.82) is 0 Å². The molecule has 0 radical (unpaired) electrons. The Bertz CT molecular complexity index is 157. The van der Waals surface area contributed by atoms with E-state index in [0.29, 0.717) is 6.04 Å². The molecule has 0 aliphatic rings. The maximum Gasteiger partial charge on any atom is 0.00617 e. The van der Waals surface area contributed by atoms with E-state index in [-0.39, 0.29) is 0 Å². The molecule has 0 bridgehead atoms. The highest BCUT2D eigenvalue weighted by molar-refractivity contribution is 4.63. The second-order valence-corrected chi connectivity index (χ2v) is 5.96. The van der Waals surface area contributed by atoms with E-state index in [1.165, 1.54) is 64.3 Å². The van der Waals surface area contributed by atoms with Crippen LogP contribution in [-0.2, 0) is 0 Å². The first-order chi connectivity index (χ1) is 8.68. The van der Waals surface area contributed by atoms with Gasteiger partial charge in [-0.2, -0.15) is 0 Å². The van der Waals surface area contributed by atoms with Gasteiger partial charge in [0, 0.05) is 6.04 Å². The number of nitrogens with one attached hydrogen (secondary N) is 1. The topological polar surface area (TPSA) is 38.0 Å². The molecule has 0 aromatic heterocycles. The van der Waals surface area contributed by atoms with Crippen LogP contribution >= 0.6 is 0 Å². The third-order valence-corrected chi connectivity index (χ3v) is 3.85. The number of rotatable bonds is 13. The van der Waals surface area contributed by atoms with Gasteiger partial charge in [0.25, 0.3) is 0 Å². The van der Waals surface area contributed by atoms with Gasteiger partial charge in [0.2, 0.25) is 0 Å². The molecule has 0 saturated heterocycles. The van der Waals surface area contributed by atoms with Crippen molar-refractivity contribution >= 4 is 0 Å². The highest BCUT2D eigenvalue weighted by Gasteiger charge is 2.04. The quantitative estimate of drug-likeness (QED) is 0.487. The maximum absolute atomic E-state index is 5.47. The van der Waals surface area contributed by atoms with Gasteiger partial charge in [0.05, 0.1) is 0 Å². The summed E-state index contributed by atoms with van der Waals surface area (Å²) in [5.74, 6) is 0.749. The van der Waals surface area contributed by atoms with E-state index in [9.17, 15) is 0 Å². The molecule has 0 heterocycles. The third-order valence-electron chi connectivity index (χ3n) is 3.85. The molecular weight excluding hydrogens is 220 g/mol. The zero-order valence-corrected chi connectivity index (χ0v) is 13.0. The van der Waals surface area contributed by atoms with E-state index in [1.807, 2.05) is 0 Å². The summed E-state index contributed by atoms with van der Waals surface area (Å²) in [5.41, 5.74) is 5.47. The van der Waals surface area contributed by atoms with Crippen LogP contribution in [0, 0.1) is 5.92 Å². The predicted octanol–water partition coefficient (Wildman–Crippen LogP) is 4.09. The molecule has 0 amide bonds. The van der Waals surface area contributed by atoms with Crippen LogP contribution in [0.15, 0.2) is 0 Å². The molecule has 0 aliphatic carbocycles. The highest BCUT2D eigenvalue weighted by Crippen LogP contribution is 2.09. The van der Waals surface area contributed by atoms with Crippen molar-refractivity contribution in [3.05, 3.63) is 0 Å². The van der Waals surface area contributed by atoms with E-state index >= 15 is 0 Å². The van der Waals surface area contributed by atoms with Gasteiger partial charge in [-0.05, 0) is 38.8 Å². The summed E-state index contributed by atoms with van der Waals surface area (Å²) in [6, 6.07) is 0.660. The molecule has 3 N–H and O–H groups in total. The van der Waals surface area contributed by atoms with E-state index in [4.69, 9.17) is 5.73 Å². The molecule has 2 heteroatoms. The summed E-state index contributed by atoms with van der Waals surface area (Å²) in [6.45, 7) is 8.90. The maximum atomic E-state index is 5.47. The minimum Gasteiger partial charge on any atom is -0.330 e. The zero-order chi connectivity index (χ0) is 13.6. The van der Waals surface area contributed by atoms with Crippen molar-refractivity contribution < 1.29 is 0 Å². The van der Waals surface area contributed by atoms with Crippen LogP contribution in [-0.4, -0.2) is 19.1 Å². The molecule has 0 rings (SSSR count). The zero-order valence-electron chi connectivity index (χ0n) is 13.0. The molecule has 0 saturated carbocycles. The largest absolute Gasteiger partial charge is 0.330 e. The van der Waals surface area contributed by atoms with Gasteiger partial charge in [-0.1, -0.05) is 58.8 Å². The molecular formula is C16H36N2. The van der Waals surface area contributed by atoms with Crippen LogP contribution in [0.3, 0.4) is 0 Å². The molecule has 2 nitrogen and oxygen atoms in total. The van der Waals surface area contributed by atoms with Crippen LogP contribution < -0.4 is 11.1 Å². The van der Waals surface area contributed by atoms with Crippen LogP contribution in [0.4, 0.5) is 0 Å². The van der Waals surface area contributed by atoms with Gasteiger partial charge in [-0.3, -0.25) is 0 Å². The lowest BCUT2D eigenvalue weighted by Gasteiger charge is -2.17. The normalized spacial score (nSPS) is 13.2. The third kappa shape index (κ3) is 12.4. The van der Waals surface area contributed by atoms with Crippen molar-refractivity contribution in [2.45, 2.75) is 84.6 Å². The first-order valence-corrected chi connectivity index (χ1v) is 8.12. The average molecular weight is 256 g/mol. The molecule has 0 aromatic rings. The molecule has 0 aliphatic heterocycles. The van der Waals surface area contributed by atoms with Crippen molar-refractivity contribution in [1.82, 2.24) is 5.32 Å². The summed E-state index contributed by atoms with van der Waals surface area (Å²) in [7, 11) is 0. The molecule has 18 heavy (non-hydrogen) atoms. The SMILES string of the molecule is CC(C)C(C)NCCCCCCCCCCCN. The Kier molecular flexibility index (Phi) is 13.3. The first-order valence-electron chi connectivity index (χ1n) is 8.12. The number of hydrogen-bond donors (Lipinski definition) is 2. The molecule has 0 spiro atoms. The Balaban J connectivity index is 3.03. The molecule has 0 fully saturated rings. The smallest absolute Gasteiger partial charge is 0.00617 e. The van der Waals surface area contributed by atoms with Gasteiger partial charge in [0.15, 0.2) is 0 Å². The number of nitrogens with two attached hydrogens (primary N) is 1. The highest BCUT2D eigenvalue weighted by atomic mass is 14.9. The Morgan fingerprint density at radius 3 is 1.61 bits per heavy atom. The molecule has 1 unspecified atom stereocenters. The summed E-state index contributed by atoms with van der Waals surface area (Å²) in [5, 5.41) is 3.60. The lowest BCUT2D eigenvalue weighted by Crippen LogP contribution is -2.31. The van der Waals surface area contributed by atoms with Crippen molar-refractivity contribution in [3.63, 3.8) is 0 Å². The lowest BCUT2D eigenvalue weighted by atomic mass is 10.1. The van der Waals surface area contributed by atoms with Crippen LogP contribution in [0.1, 0.15) is 78.6 Å². The standard InChI is InChI=1S/C16H36N2/c1-15(2)16(3)18-14-12-10-8-6-4-5-7-9-11-13-17/h15-16,18H,4-14,17H2,1-3H3. The number of hydrogen-bond acceptors (Lipinski definition) is 2. The van der Waals surface area contributed by atoms with Gasteiger partial charge < -0.3 is 11.1 Å². The molecule has 0 aromatic carbocycles. The van der Waals surface area contributed by atoms with Gasteiger partial charge >= 0.3 is 0 Å². The Morgan fingerprint density at radius 2 is 1.17 bits per heavy atom. The minimum atomic E-state index is 0.660. The van der Waals surface area contributed by atoms with E-state index in [2.05, 4.69) is 26.1 Å². The van der Waals surface area contributed by atoms with Crippen molar-refractivity contribution in [3.8, 4) is 0 Å². The fourth-order valence-electron chi connectivity index (χ4n) is 2.07. The monoisotopic (exact) mass is 256 g/mol. The molecule has 1 atom stereocenters. The fraction of sp³-hybridized carbons (Fsp3) is 1.00. The van der Waals surface area contributed by atoms with Crippen LogP contribution in [0.5, 0.6) is 0 Å². The lowest BCUT2D eigenvalue weighted by molar-refractivity contribution is 0.418. The Hall–Kier alpha value is -0.0800. The second kappa shape index (κ2) is 13.4. The Morgan fingerprint density at radius 1 is 0.722 bits per heavy atom. The van der Waals surface area contributed by atoms with E-state index in [0.717, 1.165) is 12.5 Å². The first kappa shape index (κ1) is 17.9. The van der Waals surface area contributed by atoms with Crippen molar-refractivity contribution in [2.75, 3.05) is 13.1 Å². The summed E-state index contributed by atoms with van der Waals surface area (Å²) in [4.78, 5) is 0. The summed E-state index contributed by atoms with van der Waals surface area (Å²) < 4.78 is 0. The predicted molar refractivity (Wildman–Crippen MR) is 82.9 cm³/mol. The van der Waals surface area contributed by atoms with E-state index in [1.54, 1.807) is 0 Å². The van der Waals surface area contributed by atoms with Gasteiger partial charge in [0.1, 0.15) is 0 Å². The van der Waals surface area contributed by atoms with Gasteiger partial charge in [-0.15, -0.1) is 0 Å². The van der Waals surface area contributed by atoms with Crippen molar-refractivity contribution in [2.24, 2.45) is 11.7 Å². The summed E-state index contributed by atoms with van der Waals surface area (Å²) >= 11 is 0. The summed E-state index contributed by atoms with van der Waals surface area (Å²) in [6.07, 6.45) is 12.3. The van der Waals surface area contributed by atoms with E-state index < -0.39 is 0 Å². The molecule has 110 valence electrons. The van der Waals surface area contributed by atoms with Crippen LogP contribution in [0.25, 0.3) is 0 Å². The fourth-order valence-corrected chi connectivity index (χ4v) is 2.07. The second-order valence-electron chi connectivity index (χ2n) is 5.96. The minimum absolute atomic E-state index is 0.660. The van der Waals surface area contributed by atoms with Crippen LogP contribution in [0.2, 0.25) is 0 Å². The average Bonchev–Trinajstić information content (AvgIpc) is 2.35. The number of unbranched alkanes of at least 4 members (excludes halogenated alkanes) is 8.